The van der Waals surface area contributed by atoms with Crippen LogP contribution in [0.25, 0.3) is 16.9 Å². The number of nitrogens with one attached hydrogen (secondary N) is 1. The van der Waals surface area contributed by atoms with Crippen LogP contribution in [0.3, 0.4) is 0 Å². The molecule has 0 aliphatic heterocycles. The number of hydrogen-bond acceptors (Lipinski definition) is 5. The van der Waals surface area contributed by atoms with Gasteiger partial charge in [-0.05, 0) is 24.3 Å². The molecule has 1 aromatic carbocycles. The fraction of sp³-hybridized carbons (Fsp3) is 0.0556. The topological polar surface area (TPSA) is 98.5 Å². The van der Waals surface area contributed by atoms with Gasteiger partial charge < -0.3 is 15.5 Å². The van der Waals surface area contributed by atoms with Crippen LogP contribution in [0.5, 0.6) is 0 Å². The second-order valence-electron chi connectivity index (χ2n) is 5.49. The first-order chi connectivity index (χ1) is 12.2. The number of anilines is 1. The summed E-state index contributed by atoms with van der Waals surface area (Å²) in [6.07, 6.45) is 6.90. The van der Waals surface area contributed by atoms with Crippen LogP contribution < -0.4 is 11.1 Å². The van der Waals surface area contributed by atoms with Crippen molar-refractivity contribution in [3.05, 3.63) is 72.6 Å². The molecule has 4 rings (SSSR count). The number of nitrogens with two attached hydrogens (primary N) is 1. The van der Waals surface area contributed by atoms with Crippen molar-refractivity contribution in [2.75, 3.05) is 5.32 Å². The molecule has 0 aliphatic carbocycles. The molecule has 25 heavy (non-hydrogen) atoms. The Labute approximate surface area is 143 Å². The van der Waals surface area contributed by atoms with E-state index in [0.717, 1.165) is 17.0 Å². The molecule has 0 saturated heterocycles. The van der Waals surface area contributed by atoms with E-state index in [2.05, 4.69) is 15.3 Å². The van der Waals surface area contributed by atoms with Gasteiger partial charge in [0, 0.05) is 23.5 Å². The number of carbonyl (C=O) groups excluding carboxylic acids is 1. The van der Waals surface area contributed by atoms with Gasteiger partial charge in [-0.25, -0.2) is 9.97 Å². The second-order valence-corrected chi connectivity index (χ2v) is 5.49. The van der Waals surface area contributed by atoms with E-state index in [0.29, 0.717) is 23.6 Å². The molecule has 1 amide bonds. The summed E-state index contributed by atoms with van der Waals surface area (Å²) in [6.45, 7) is 0.513. The van der Waals surface area contributed by atoms with Gasteiger partial charge in [-0.2, -0.15) is 0 Å². The number of rotatable bonds is 5. The Hall–Kier alpha value is -3.61. The van der Waals surface area contributed by atoms with Gasteiger partial charge >= 0.3 is 0 Å². The van der Waals surface area contributed by atoms with Gasteiger partial charge in [0.2, 0.25) is 5.91 Å². The number of primary amides is 1. The van der Waals surface area contributed by atoms with E-state index < -0.39 is 5.91 Å². The molecule has 0 bridgehead atoms. The summed E-state index contributed by atoms with van der Waals surface area (Å²) >= 11 is 0. The molecule has 0 saturated carbocycles. The molecule has 0 spiro atoms. The third-order valence-electron chi connectivity index (χ3n) is 3.88. The van der Waals surface area contributed by atoms with Gasteiger partial charge in [0.05, 0.1) is 24.7 Å². The lowest BCUT2D eigenvalue weighted by Gasteiger charge is -2.07. The average molecular weight is 333 g/mol. The summed E-state index contributed by atoms with van der Waals surface area (Å²) in [5.41, 5.74) is 8.22. The average Bonchev–Trinajstić information content (AvgIpc) is 3.30. The number of fused-ring (bicyclic) bond motifs is 1. The summed E-state index contributed by atoms with van der Waals surface area (Å²) in [7, 11) is 0. The van der Waals surface area contributed by atoms with Crippen LogP contribution in [0, 0.1) is 0 Å². The lowest BCUT2D eigenvalue weighted by atomic mass is 10.1. The minimum atomic E-state index is -0.460. The predicted molar refractivity (Wildman–Crippen MR) is 93.0 cm³/mol. The van der Waals surface area contributed by atoms with Crippen molar-refractivity contribution in [1.29, 1.82) is 0 Å². The van der Waals surface area contributed by atoms with Gasteiger partial charge in [-0.15, -0.1) is 0 Å². The van der Waals surface area contributed by atoms with Crippen LogP contribution in [-0.4, -0.2) is 20.3 Å². The second kappa shape index (κ2) is 6.12. The molecule has 3 N–H and O–H groups in total. The van der Waals surface area contributed by atoms with Crippen LogP contribution in [0.4, 0.5) is 5.82 Å². The molecular weight excluding hydrogens is 318 g/mol. The smallest absolute Gasteiger partial charge is 0.248 e. The van der Waals surface area contributed by atoms with Crippen LogP contribution in [0.15, 0.2) is 65.7 Å². The summed E-state index contributed by atoms with van der Waals surface area (Å²) in [5.74, 6) is 0.999. The third-order valence-corrected chi connectivity index (χ3v) is 3.88. The van der Waals surface area contributed by atoms with Crippen molar-refractivity contribution in [3.8, 4) is 11.3 Å². The van der Waals surface area contributed by atoms with Crippen LogP contribution >= 0.6 is 0 Å². The predicted octanol–water partition coefficient (Wildman–Crippen LogP) is 2.70. The maximum absolute atomic E-state index is 11.4. The van der Waals surface area contributed by atoms with Crippen molar-refractivity contribution in [2.24, 2.45) is 5.73 Å². The summed E-state index contributed by atoms with van der Waals surface area (Å²) in [6, 6.07) is 10.9. The molecule has 4 aromatic rings. The molecule has 124 valence electrons. The number of hydrogen-bond donors (Lipinski definition) is 2. The van der Waals surface area contributed by atoms with E-state index in [9.17, 15) is 4.79 Å². The fourth-order valence-corrected chi connectivity index (χ4v) is 2.67. The molecule has 0 fully saturated rings. The first kappa shape index (κ1) is 14.9. The number of carbonyl (C=O) groups is 1. The Balaban J connectivity index is 1.71. The van der Waals surface area contributed by atoms with Crippen molar-refractivity contribution >= 4 is 17.4 Å². The Morgan fingerprint density at radius 3 is 2.96 bits per heavy atom. The number of aromatic nitrogens is 3. The minimum absolute atomic E-state index is 0.456. The highest BCUT2D eigenvalue weighted by atomic mass is 16.3. The molecule has 0 radical (unpaired) electrons. The monoisotopic (exact) mass is 333 g/mol. The Bertz CT molecular complexity index is 1040. The first-order valence-corrected chi connectivity index (χ1v) is 7.71. The Kier molecular flexibility index (Phi) is 3.66. The van der Waals surface area contributed by atoms with Crippen molar-refractivity contribution in [1.82, 2.24) is 14.4 Å². The van der Waals surface area contributed by atoms with Gasteiger partial charge in [0.25, 0.3) is 0 Å². The van der Waals surface area contributed by atoms with E-state index >= 15 is 0 Å². The number of imidazole rings is 1. The van der Waals surface area contributed by atoms with E-state index in [1.807, 2.05) is 28.8 Å². The molecule has 0 atom stereocenters. The van der Waals surface area contributed by atoms with E-state index in [-0.39, 0.29) is 0 Å². The summed E-state index contributed by atoms with van der Waals surface area (Å²) in [4.78, 5) is 20.2. The van der Waals surface area contributed by atoms with Gasteiger partial charge in [-0.3, -0.25) is 9.20 Å². The van der Waals surface area contributed by atoms with E-state index in [4.69, 9.17) is 10.2 Å². The maximum atomic E-state index is 11.4. The first-order valence-electron chi connectivity index (χ1n) is 7.71. The van der Waals surface area contributed by atoms with Gasteiger partial charge in [0.15, 0.2) is 11.5 Å². The number of benzene rings is 1. The van der Waals surface area contributed by atoms with Crippen LogP contribution in [-0.2, 0) is 6.54 Å². The molecule has 3 aromatic heterocycles. The fourth-order valence-electron chi connectivity index (χ4n) is 2.67. The third kappa shape index (κ3) is 2.83. The molecule has 7 nitrogen and oxygen atoms in total. The van der Waals surface area contributed by atoms with Crippen LogP contribution in [0.1, 0.15) is 16.1 Å². The van der Waals surface area contributed by atoms with E-state index in [1.54, 1.807) is 36.9 Å². The normalized spacial score (nSPS) is 10.9. The highest BCUT2D eigenvalue weighted by Crippen LogP contribution is 2.24. The standard InChI is InChI=1S/C18H15N5O2/c19-16(24)13-4-1-3-12(9-13)15-11-22-18-17(20-6-7-23(15)18)21-10-14-5-2-8-25-14/h1-9,11H,10H2,(H2,19,24)(H,20,21). The summed E-state index contributed by atoms with van der Waals surface area (Å²) in [5, 5.41) is 3.22. The molecule has 0 unspecified atom stereocenters. The lowest BCUT2D eigenvalue weighted by Crippen LogP contribution is -2.10. The summed E-state index contributed by atoms with van der Waals surface area (Å²) < 4.78 is 7.23. The molecule has 3 heterocycles. The molecular formula is C18H15N5O2. The van der Waals surface area contributed by atoms with Crippen molar-refractivity contribution in [3.63, 3.8) is 0 Å². The Morgan fingerprint density at radius 2 is 2.16 bits per heavy atom. The highest BCUT2D eigenvalue weighted by molar-refractivity contribution is 5.94. The van der Waals surface area contributed by atoms with Gasteiger partial charge in [0.1, 0.15) is 5.76 Å². The van der Waals surface area contributed by atoms with Gasteiger partial charge in [-0.1, -0.05) is 12.1 Å². The number of furan rings is 1. The number of amides is 1. The zero-order valence-corrected chi connectivity index (χ0v) is 13.2. The SMILES string of the molecule is NC(=O)c1cccc(-c2cnc3c(NCc4ccco4)nccn23)c1. The maximum Gasteiger partial charge on any atom is 0.248 e. The lowest BCUT2D eigenvalue weighted by molar-refractivity contribution is 0.100. The van der Waals surface area contributed by atoms with Crippen molar-refractivity contribution < 1.29 is 9.21 Å². The molecule has 0 aliphatic rings. The zero-order chi connectivity index (χ0) is 17.2. The quantitative estimate of drug-likeness (QED) is 0.585. The Morgan fingerprint density at radius 1 is 1.24 bits per heavy atom. The highest BCUT2D eigenvalue weighted by Gasteiger charge is 2.11. The largest absolute Gasteiger partial charge is 0.467 e. The van der Waals surface area contributed by atoms with Crippen LogP contribution in [0.2, 0.25) is 0 Å². The van der Waals surface area contributed by atoms with Crippen molar-refractivity contribution in [2.45, 2.75) is 6.54 Å². The van der Waals surface area contributed by atoms with E-state index in [1.165, 1.54) is 0 Å². The molecule has 7 heteroatoms. The number of nitrogens with zero attached hydrogens (tertiary/aromatic N) is 3. The minimum Gasteiger partial charge on any atom is -0.467 e. The zero-order valence-electron chi connectivity index (χ0n) is 13.2.